The average Bonchev–Trinajstić information content (AvgIpc) is 3.05. The number of amides is 1. The molecule has 2 aromatic rings. The molecule has 0 aliphatic carbocycles. The summed E-state index contributed by atoms with van der Waals surface area (Å²) in [5.41, 5.74) is 3.17. The van der Waals surface area contributed by atoms with Gasteiger partial charge in [0.15, 0.2) is 0 Å². The maximum Gasteiger partial charge on any atom is 0.325 e. The van der Waals surface area contributed by atoms with Crippen LogP contribution in [0.25, 0.3) is 11.5 Å². The van der Waals surface area contributed by atoms with E-state index in [2.05, 4.69) is 32.2 Å². The van der Waals surface area contributed by atoms with Gasteiger partial charge in [-0.25, -0.2) is 0 Å². The maximum absolute atomic E-state index is 12.0. The lowest BCUT2D eigenvalue weighted by atomic mass is 10.1. The van der Waals surface area contributed by atoms with Gasteiger partial charge in [0.1, 0.15) is 0 Å². The molecule has 5 nitrogen and oxygen atoms in total. The van der Waals surface area contributed by atoms with E-state index in [-0.39, 0.29) is 5.91 Å². The van der Waals surface area contributed by atoms with Crippen molar-refractivity contribution in [3.63, 3.8) is 0 Å². The minimum absolute atomic E-state index is 0.0373. The van der Waals surface area contributed by atoms with Crippen molar-refractivity contribution in [1.82, 2.24) is 10.2 Å². The van der Waals surface area contributed by atoms with E-state index in [9.17, 15) is 4.79 Å². The van der Waals surface area contributed by atoms with Crippen molar-refractivity contribution in [2.75, 3.05) is 16.8 Å². The lowest BCUT2D eigenvalue weighted by molar-refractivity contribution is -0.117. The molecule has 1 fully saturated rings. The molecule has 0 saturated carbocycles. The Labute approximate surface area is 131 Å². The standard InChI is InChI=1S/C15H16BrN3O2/c1-9-3-4-12(10(2)5-9)14-17-18-15(21-14)19-8-11(7-16)6-13(19)20/h3-5,11H,6-8H2,1-2H3. The van der Waals surface area contributed by atoms with Crippen molar-refractivity contribution >= 4 is 27.9 Å². The summed E-state index contributed by atoms with van der Waals surface area (Å²) in [6, 6.07) is 6.34. The second-order valence-corrected chi connectivity index (χ2v) is 6.08. The lowest BCUT2D eigenvalue weighted by Gasteiger charge is -2.09. The highest BCUT2D eigenvalue weighted by Gasteiger charge is 2.33. The number of carbonyl (C=O) groups excluding carboxylic acids is 1. The molecule has 1 unspecified atom stereocenters. The Morgan fingerprint density at radius 3 is 2.86 bits per heavy atom. The molecule has 0 spiro atoms. The van der Waals surface area contributed by atoms with Crippen LogP contribution in [0, 0.1) is 19.8 Å². The third kappa shape index (κ3) is 2.72. The molecule has 1 amide bonds. The number of hydrogen-bond donors (Lipinski definition) is 0. The molecule has 1 saturated heterocycles. The number of benzene rings is 1. The van der Waals surface area contributed by atoms with Crippen molar-refractivity contribution in [2.24, 2.45) is 5.92 Å². The summed E-state index contributed by atoms with van der Waals surface area (Å²) in [7, 11) is 0. The summed E-state index contributed by atoms with van der Waals surface area (Å²) in [4.78, 5) is 13.6. The van der Waals surface area contributed by atoms with Crippen LogP contribution in [-0.4, -0.2) is 28.0 Å². The molecule has 0 bridgehead atoms. The number of hydrogen-bond acceptors (Lipinski definition) is 4. The fourth-order valence-electron chi connectivity index (χ4n) is 2.56. The molecule has 1 aliphatic rings. The van der Waals surface area contributed by atoms with Crippen LogP contribution in [-0.2, 0) is 4.79 Å². The normalized spacial score (nSPS) is 18.5. The molecule has 6 heteroatoms. The van der Waals surface area contributed by atoms with Crippen molar-refractivity contribution < 1.29 is 9.21 Å². The Hall–Kier alpha value is -1.69. The van der Waals surface area contributed by atoms with Gasteiger partial charge < -0.3 is 4.42 Å². The number of alkyl halides is 1. The van der Waals surface area contributed by atoms with Gasteiger partial charge in [0.05, 0.1) is 0 Å². The summed E-state index contributed by atoms with van der Waals surface area (Å²) in [5.74, 6) is 0.793. The molecule has 21 heavy (non-hydrogen) atoms. The Morgan fingerprint density at radius 2 is 2.19 bits per heavy atom. The Morgan fingerprint density at radius 1 is 1.38 bits per heavy atom. The molecular formula is C15H16BrN3O2. The number of nitrogens with zero attached hydrogens (tertiary/aromatic N) is 3. The molecule has 110 valence electrons. The predicted octanol–water partition coefficient (Wildman–Crippen LogP) is 3.10. The first-order valence-corrected chi connectivity index (χ1v) is 7.98. The van der Waals surface area contributed by atoms with Gasteiger partial charge in [-0.15, -0.1) is 5.10 Å². The summed E-state index contributed by atoms with van der Waals surface area (Å²) >= 11 is 3.42. The van der Waals surface area contributed by atoms with Crippen LogP contribution >= 0.6 is 15.9 Å². The van der Waals surface area contributed by atoms with E-state index >= 15 is 0 Å². The smallest absolute Gasteiger partial charge is 0.325 e. The lowest BCUT2D eigenvalue weighted by Crippen LogP contribution is -2.24. The predicted molar refractivity (Wildman–Crippen MR) is 83.5 cm³/mol. The van der Waals surface area contributed by atoms with E-state index in [1.807, 2.05) is 26.0 Å². The largest absolute Gasteiger partial charge is 0.403 e. The SMILES string of the molecule is Cc1ccc(-c2nnc(N3CC(CBr)CC3=O)o2)c(C)c1. The molecule has 1 aromatic heterocycles. The van der Waals surface area contributed by atoms with Crippen LogP contribution in [0.15, 0.2) is 22.6 Å². The quantitative estimate of drug-likeness (QED) is 0.798. The Balaban J connectivity index is 1.88. The van der Waals surface area contributed by atoms with Gasteiger partial charge in [-0.1, -0.05) is 38.7 Å². The fourth-order valence-corrected chi connectivity index (χ4v) is 2.99. The van der Waals surface area contributed by atoms with E-state index < -0.39 is 0 Å². The summed E-state index contributed by atoms with van der Waals surface area (Å²) in [6.07, 6.45) is 0.520. The summed E-state index contributed by atoms with van der Waals surface area (Å²) < 4.78 is 5.71. The summed E-state index contributed by atoms with van der Waals surface area (Å²) in [6.45, 7) is 4.67. The average molecular weight is 350 g/mol. The zero-order valence-corrected chi connectivity index (χ0v) is 13.6. The molecule has 0 N–H and O–H groups in total. The zero-order valence-electron chi connectivity index (χ0n) is 12.0. The minimum Gasteiger partial charge on any atom is -0.403 e. The zero-order chi connectivity index (χ0) is 15.0. The summed E-state index contributed by atoms with van der Waals surface area (Å²) in [5, 5.41) is 8.91. The highest BCUT2D eigenvalue weighted by atomic mass is 79.9. The van der Waals surface area contributed by atoms with Crippen molar-refractivity contribution in [1.29, 1.82) is 0 Å². The second kappa shape index (κ2) is 5.60. The number of aromatic nitrogens is 2. The van der Waals surface area contributed by atoms with E-state index in [0.717, 1.165) is 16.5 Å². The van der Waals surface area contributed by atoms with Gasteiger partial charge in [-0.2, -0.15) is 0 Å². The van der Waals surface area contributed by atoms with E-state index in [1.165, 1.54) is 5.56 Å². The third-order valence-corrected chi connectivity index (χ3v) is 4.60. The van der Waals surface area contributed by atoms with Crippen LogP contribution < -0.4 is 4.90 Å². The first kappa shape index (κ1) is 14.3. The second-order valence-electron chi connectivity index (χ2n) is 5.44. The number of aryl methyl sites for hydroxylation is 2. The van der Waals surface area contributed by atoms with E-state index in [4.69, 9.17) is 4.42 Å². The number of carbonyl (C=O) groups is 1. The van der Waals surface area contributed by atoms with Gasteiger partial charge in [-0.05, 0) is 31.4 Å². The molecule has 1 aromatic carbocycles. The molecular weight excluding hydrogens is 334 g/mol. The Bertz CT molecular complexity index is 683. The van der Waals surface area contributed by atoms with Gasteiger partial charge in [0, 0.05) is 23.9 Å². The monoisotopic (exact) mass is 349 g/mol. The van der Waals surface area contributed by atoms with Gasteiger partial charge in [0.25, 0.3) is 0 Å². The van der Waals surface area contributed by atoms with Crippen molar-refractivity contribution in [3.05, 3.63) is 29.3 Å². The molecule has 1 atom stereocenters. The topological polar surface area (TPSA) is 59.2 Å². The molecule has 0 radical (unpaired) electrons. The molecule has 3 rings (SSSR count). The van der Waals surface area contributed by atoms with Crippen LogP contribution in [0.3, 0.4) is 0 Å². The number of rotatable bonds is 3. The molecule has 2 heterocycles. The maximum atomic E-state index is 12.0. The van der Waals surface area contributed by atoms with Crippen LogP contribution in [0.5, 0.6) is 0 Å². The third-order valence-electron chi connectivity index (χ3n) is 3.68. The minimum atomic E-state index is 0.0373. The van der Waals surface area contributed by atoms with Crippen molar-refractivity contribution in [3.8, 4) is 11.5 Å². The van der Waals surface area contributed by atoms with Gasteiger partial charge in [0.2, 0.25) is 11.8 Å². The van der Waals surface area contributed by atoms with Crippen LogP contribution in [0.4, 0.5) is 6.01 Å². The van der Waals surface area contributed by atoms with Crippen LogP contribution in [0.2, 0.25) is 0 Å². The van der Waals surface area contributed by atoms with Gasteiger partial charge >= 0.3 is 6.01 Å². The highest BCUT2D eigenvalue weighted by Crippen LogP contribution is 2.29. The van der Waals surface area contributed by atoms with E-state index in [0.29, 0.717) is 30.8 Å². The number of anilines is 1. The first-order valence-electron chi connectivity index (χ1n) is 6.86. The van der Waals surface area contributed by atoms with Gasteiger partial charge in [-0.3, -0.25) is 9.69 Å². The number of halogens is 1. The van der Waals surface area contributed by atoms with Crippen molar-refractivity contribution in [2.45, 2.75) is 20.3 Å². The first-order chi connectivity index (χ1) is 10.1. The highest BCUT2D eigenvalue weighted by molar-refractivity contribution is 9.09. The fraction of sp³-hybridized carbons (Fsp3) is 0.400. The van der Waals surface area contributed by atoms with E-state index in [1.54, 1.807) is 4.90 Å². The Kier molecular flexibility index (Phi) is 3.80. The van der Waals surface area contributed by atoms with Crippen LogP contribution in [0.1, 0.15) is 17.5 Å². The molecule has 1 aliphatic heterocycles.